The van der Waals surface area contributed by atoms with Gasteiger partial charge in [0.1, 0.15) is 11.6 Å². The summed E-state index contributed by atoms with van der Waals surface area (Å²) in [5.74, 6) is 1.39. The van der Waals surface area contributed by atoms with Crippen LogP contribution in [-0.2, 0) is 29.7 Å². The monoisotopic (exact) mass is 427 g/mol. The molecule has 0 unspecified atom stereocenters. The molecule has 1 saturated heterocycles. The third-order valence-corrected chi connectivity index (χ3v) is 5.91. The molecular weight excluding hydrogens is 394 g/mol. The lowest BCUT2D eigenvalue weighted by molar-refractivity contribution is -0.135. The number of amides is 2. The molecule has 8 nitrogen and oxygen atoms in total. The number of rotatable bonds is 7. The first-order valence-electron chi connectivity index (χ1n) is 10.8. The van der Waals surface area contributed by atoms with Crippen LogP contribution in [0.5, 0.6) is 5.75 Å². The molecule has 31 heavy (non-hydrogen) atoms. The number of benzene rings is 1. The summed E-state index contributed by atoms with van der Waals surface area (Å²) in [5.41, 5.74) is 0.999. The maximum absolute atomic E-state index is 12.8. The van der Waals surface area contributed by atoms with Gasteiger partial charge in [-0.25, -0.2) is 4.98 Å². The fourth-order valence-corrected chi connectivity index (χ4v) is 3.87. The topological polar surface area (TPSA) is 88.5 Å². The van der Waals surface area contributed by atoms with Crippen molar-refractivity contribution in [1.29, 1.82) is 0 Å². The number of carbonyl (C=O) groups is 2. The Morgan fingerprint density at radius 3 is 2.65 bits per heavy atom. The Labute approximate surface area is 184 Å². The molecule has 168 valence electrons. The number of nitrogens with zero attached hydrogens (tertiary/aromatic N) is 3. The first-order valence-corrected chi connectivity index (χ1v) is 10.8. The highest BCUT2D eigenvalue weighted by atomic mass is 16.5. The van der Waals surface area contributed by atoms with Crippen molar-refractivity contribution in [2.24, 2.45) is 13.0 Å². The number of hydrogen-bond acceptors (Lipinski definition) is 5. The minimum Gasteiger partial charge on any atom is -0.497 e. The Hall–Kier alpha value is -2.87. The quantitative estimate of drug-likeness (QED) is 0.704. The number of methoxy groups -OCH3 is 1. The average Bonchev–Trinajstić information content (AvgIpc) is 3.21. The fraction of sp³-hybridized carbons (Fsp3) is 0.522. The van der Waals surface area contributed by atoms with Crippen LogP contribution in [0, 0.1) is 5.92 Å². The summed E-state index contributed by atoms with van der Waals surface area (Å²) in [7, 11) is 5.41. The maximum atomic E-state index is 12.8. The van der Waals surface area contributed by atoms with Crippen molar-refractivity contribution in [2.75, 3.05) is 20.7 Å². The molecule has 1 fully saturated rings. The van der Waals surface area contributed by atoms with Crippen LogP contribution in [-0.4, -0.2) is 53.0 Å². The van der Waals surface area contributed by atoms with E-state index >= 15 is 0 Å². The smallest absolute Gasteiger partial charge is 0.223 e. The fourth-order valence-electron chi connectivity index (χ4n) is 3.87. The van der Waals surface area contributed by atoms with Gasteiger partial charge in [-0.3, -0.25) is 9.59 Å². The van der Waals surface area contributed by atoms with Gasteiger partial charge in [0.25, 0.3) is 0 Å². The maximum Gasteiger partial charge on any atom is 0.223 e. The number of carbonyl (C=O) groups excluding carboxylic acids is 2. The lowest BCUT2D eigenvalue weighted by Gasteiger charge is -2.24. The van der Waals surface area contributed by atoms with Crippen molar-refractivity contribution in [2.45, 2.75) is 44.8 Å². The molecule has 2 aromatic rings. The molecule has 2 atom stereocenters. The van der Waals surface area contributed by atoms with Crippen molar-refractivity contribution >= 4 is 11.8 Å². The summed E-state index contributed by atoms with van der Waals surface area (Å²) in [6.45, 7) is 1.72. The second-order valence-electron chi connectivity index (χ2n) is 8.20. The minimum atomic E-state index is -0.304. The van der Waals surface area contributed by atoms with Crippen LogP contribution in [0.15, 0.2) is 36.7 Å². The van der Waals surface area contributed by atoms with Gasteiger partial charge in [-0.15, -0.1) is 0 Å². The highest BCUT2D eigenvalue weighted by Gasteiger charge is 2.27. The van der Waals surface area contributed by atoms with Gasteiger partial charge in [0.15, 0.2) is 0 Å². The van der Waals surface area contributed by atoms with Gasteiger partial charge in [-0.2, -0.15) is 0 Å². The molecule has 2 heterocycles. The molecule has 2 N–H and O–H groups in total. The number of likely N-dealkylation sites (N-methyl/N-ethyl adjacent to an activating group) is 1. The van der Waals surface area contributed by atoms with Crippen molar-refractivity contribution in [3.05, 3.63) is 48.0 Å². The zero-order valence-corrected chi connectivity index (χ0v) is 18.6. The van der Waals surface area contributed by atoms with E-state index in [0.29, 0.717) is 26.1 Å². The molecular formula is C23H33N5O3. The molecule has 8 heteroatoms. The normalized spacial score (nSPS) is 20.0. The van der Waals surface area contributed by atoms with Gasteiger partial charge in [0.2, 0.25) is 11.8 Å². The van der Waals surface area contributed by atoms with Crippen molar-refractivity contribution in [3.8, 4) is 5.75 Å². The number of imidazole rings is 1. The summed E-state index contributed by atoms with van der Waals surface area (Å²) < 4.78 is 7.15. The average molecular weight is 428 g/mol. The molecule has 1 aromatic heterocycles. The van der Waals surface area contributed by atoms with Gasteiger partial charge in [0.05, 0.1) is 13.7 Å². The highest BCUT2D eigenvalue weighted by Crippen LogP contribution is 2.19. The van der Waals surface area contributed by atoms with Crippen LogP contribution in [0.25, 0.3) is 0 Å². The summed E-state index contributed by atoms with van der Waals surface area (Å²) in [6.07, 6.45) is 6.45. The van der Waals surface area contributed by atoms with E-state index in [1.54, 1.807) is 18.2 Å². The van der Waals surface area contributed by atoms with Gasteiger partial charge in [-0.1, -0.05) is 18.6 Å². The molecule has 1 aromatic carbocycles. The summed E-state index contributed by atoms with van der Waals surface area (Å²) in [6, 6.07) is 7.78. The van der Waals surface area contributed by atoms with E-state index in [2.05, 4.69) is 15.6 Å². The first kappa shape index (κ1) is 22.8. The number of aryl methyl sites for hydroxylation is 1. The summed E-state index contributed by atoms with van der Waals surface area (Å²) in [4.78, 5) is 31.6. The van der Waals surface area contributed by atoms with Gasteiger partial charge in [0, 0.05) is 58.0 Å². The van der Waals surface area contributed by atoms with Crippen LogP contribution in [0.4, 0.5) is 0 Å². The van der Waals surface area contributed by atoms with E-state index in [-0.39, 0.29) is 30.2 Å². The molecule has 3 rings (SSSR count). The van der Waals surface area contributed by atoms with E-state index in [9.17, 15) is 9.59 Å². The Balaban J connectivity index is 1.53. The Bertz CT molecular complexity index is 864. The third kappa shape index (κ3) is 6.55. The second kappa shape index (κ2) is 10.9. The van der Waals surface area contributed by atoms with Crippen LogP contribution in [0.1, 0.15) is 37.1 Å². The molecule has 0 radical (unpaired) electrons. The van der Waals surface area contributed by atoms with Gasteiger partial charge in [-0.05, 0) is 30.5 Å². The number of ether oxygens (including phenoxy) is 1. The van der Waals surface area contributed by atoms with Crippen molar-refractivity contribution < 1.29 is 14.3 Å². The second-order valence-corrected chi connectivity index (χ2v) is 8.20. The van der Waals surface area contributed by atoms with E-state index in [1.807, 2.05) is 49.1 Å². The van der Waals surface area contributed by atoms with Crippen LogP contribution >= 0.6 is 0 Å². The van der Waals surface area contributed by atoms with E-state index < -0.39 is 0 Å². The molecule has 1 aliphatic rings. The first-order chi connectivity index (χ1) is 15.0. The van der Waals surface area contributed by atoms with Crippen LogP contribution < -0.4 is 15.4 Å². The SMILES string of the molecule is COc1ccc(CNC(=O)[C@@H]2CCC[C@@H](NCc3nccn3C)CN(C)C(=O)C2)cc1. The summed E-state index contributed by atoms with van der Waals surface area (Å²) in [5, 5.41) is 6.52. The molecule has 0 bridgehead atoms. The zero-order valence-electron chi connectivity index (χ0n) is 18.6. The number of nitrogens with one attached hydrogen (secondary N) is 2. The largest absolute Gasteiger partial charge is 0.497 e. The number of hydrogen-bond donors (Lipinski definition) is 2. The van der Waals surface area contributed by atoms with E-state index in [4.69, 9.17) is 4.74 Å². The van der Waals surface area contributed by atoms with E-state index in [0.717, 1.165) is 30.0 Å². The predicted molar refractivity (Wildman–Crippen MR) is 118 cm³/mol. The third-order valence-electron chi connectivity index (χ3n) is 5.91. The lowest BCUT2D eigenvalue weighted by Crippen LogP contribution is -2.42. The Morgan fingerprint density at radius 2 is 1.97 bits per heavy atom. The van der Waals surface area contributed by atoms with Crippen molar-refractivity contribution in [3.63, 3.8) is 0 Å². The molecule has 2 amide bonds. The molecule has 0 spiro atoms. The Morgan fingerprint density at radius 1 is 1.19 bits per heavy atom. The van der Waals surface area contributed by atoms with E-state index in [1.165, 1.54) is 0 Å². The molecule has 1 aliphatic heterocycles. The van der Waals surface area contributed by atoms with Gasteiger partial charge >= 0.3 is 0 Å². The van der Waals surface area contributed by atoms with Crippen molar-refractivity contribution in [1.82, 2.24) is 25.1 Å². The molecule has 0 saturated carbocycles. The summed E-state index contributed by atoms with van der Waals surface area (Å²) >= 11 is 0. The minimum absolute atomic E-state index is 0.00953. The standard InChI is InChI=1S/C23H33N5O3/c1-27-12-11-24-21(27)15-25-19-6-4-5-18(13-22(29)28(2)16-19)23(30)26-14-17-7-9-20(31-3)10-8-17/h7-12,18-19,25H,4-6,13-16H2,1-3H3,(H,26,30)/t18-,19-/m1/s1. The molecule has 0 aliphatic carbocycles. The zero-order chi connectivity index (χ0) is 22.2. The highest BCUT2D eigenvalue weighted by molar-refractivity contribution is 5.85. The van der Waals surface area contributed by atoms with Crippen LogP contribution in [0.3, 0.4) is 0 Å². The predicted octanol–water partition coefficient (Wildman–Crippen LogP) is 1.85. The number of aromatic nitrogens is 2. The van der Waals surface area contributed by atoms with Crippen LogP contribution in [0.2, 0.25) is 0 Å². The Kier molecular flexibility index (Phi) is 8.06. The lowest BCUT2D eigenvalue weighted by atomic mass is 9.96. The van der Waals surface area contributed by atoms with Gasteiger partial charge < -0.3 is 24.8 Å².